The smallest absolute Gasteiger partial charge is 0.315 e. The second-order valence-electron chi connectivity index (χ2n) is 11.6. The quantitative estimate of drug-likeness (QED) is 0.170. The van der Waals surface area contributed by atoms with Crippen LogP contribution < -0.4 is 10.2 Å². The second-order valence-corrected chi connectivity index (χ2v) is 12.9. The molecule has 2 fully saturated rings. The summed E-state index contributed by atoms with van der Waals surface area (Å²) in [5.74, 6) is 1.16. The SMILES string of the molecule is O=CNN=C(Oc1ccccc1)N1CCC(CC(=O)N2CCN(C3c4ccc(Cl)cc4CCc4cc(Br)cnc43)CC2)CC1. The normalized spacial score (nSPS) is 19.5. The molecule has 2 saturated heterocycles. The standard InChI is InChI=1S/C33H36BrClN6O3/c34-26-19-25-7-6-24-20-27(35)8-9-29(24)32(31(25)36-21-26)40-16-14-39(15-17-40)30(43)18-23-10-12-41(13-11-23)33(38-37-22-42)44-28-4-2-1-3-5-28/h1-5,8-9,19-23,32H,6-7,10-18H2,(H,37,42). The second kappa shape index (κ2) is 14.1. The number of nitrogens with zero attached hydrogens (tertiary/aromatic N) is 5. The fraction of sp³-hybridized carbons (Fsp3) is 0.394. The number of carbonyl (C=O) groups is 2. The van der Waals surface area contributed by atoms with Gasteiger partial charge in [-0.1, -0.05) is 35.9 Å². The highest BCUT2D eigenvalue weighted by Gasteiger charge is 2.34. The zero-order chi connectivity index (χ0) is 30.5. The van der Waals surface area contributed by atoms with Gasteiger partial charge in [0.05, 0.1) is 11.7 Å². The number of benzene rings is 2. The summed E-state index contributed by atoms with van der Waals surface area (Å²) in [6, 6.07) is 18.2. The highest BCUT2D eigenvalue weighted by molar-refractivity contribution is 9.10. The Labute approximate surface area is 271 Å². The summed E-state index contributed by atoms with van der Waals surface area (Å²) < 4.78 is 6.94. The van der Waals surface area contributed by atoms with Crippen LogP contribution in [0.2, 0.25) is 5.02 Å². The number of aromatic nitrogens is 1. The molecule has 0 spiro atoms. The topological polar surface area (TPSA) is 90.4 Å². The Morgan fingerprint density at radius 3 is 2.50 bits per heavy atom. The van der Waals surface area contributed by atoms with Crippen molar-refractivity contribution < 1.29 is 14.3 Å². The van der Waals surface area contributed by atoms with Gasteiger partial charge >= 0.3 is 6.02 Å². The fourth-order valence-electron chi connectivity index (χ4n) is 6.55. The monoisotopic (exact) mass is 678 g/mol. The summed E-state index contributed by atoms with van der Waals surface area (Å²) in [6.45, 7) is 4.37. The first kappa shape index (κ1) is 30.6. The van der Waals surface area contributed by atoms with Crippen molar-refractivity contribution >= 4 is 45.9 Å². The van der Waals surface area contributed by atoms with E-state index < -0.39 is 0 Å². The molecule has 2 aromatic carbocycles. The Morgan fingerprint density at radius 2 is 1.75 bits per heavy atom. The van der Waals surface area contributed by atoms with E-state index in [1.807, 2.05) is 52.4 Å². The summed E-state index contributed by atoms with van der Waals surface area (Å²) in [5.41, 5.74) is 7.25. The van der Waals surface area contributed by atoms with Crippen LogP contribution in [0.1, 0.15) is 47.7 Å². The lowest BCUT2D eigenvalue weighted by molar-refractivity contribution is -0.134. The van der Waals surface area contributed by atoms with E-state index in [0.29, 0.717) is 56.7 Å². The van der Waals surface area contributed by atoms with Crippen LogP contribution in [0.3, 0.4) is 0 Å². The van der Waals surface area contributed by atoms with Crippen molar-refractivity contribution in [2.45, 2.75) is 38.1 Å². The van der Waals surface area contributed by atoms with E-state index in [-0.39, 0.29) is 11.9 Å². The van der Waals surface area contributed by atoms with Crippen molar-refractivity contribution in [1.82, 2.24) is 25.1 Å². The highest BCUT2D eigenvalue weighted by Crippen LogP contribution is 2.38. The summed E-state index contributed by atoms with van der Waals surface area (Å²) in [5, 5.41) is 4.88. The Balaban J connectivity index is 1.06. The maximum absolute atomic E-state index is 13.4. The van der Waals surface area contributed by atoms with Crippen molar-refractivity contribution in [2.75, 3.05) is 39.3 Å². The Bertz CT molecular complexity index is 1450. The molecule has 2 aliphatic heterocycles. The number of ether oxygens (including phenoxy) is 1. The number of hydrazone groups is 1. The van der Waals surface area contributed by atoms with Gasteiger partial charge in [0.1, 0.15) is 5.75 Å². The molecular formula is C33H36BrClN6O3. The van der Waals surface area contributed by atoms with E-state index in [0.717, 1.165) is 54.0 Å². The van der Waals surface area contributed by atoms with Gasteiger partial charge in [-0.05, 0) is 94.6 Å². The van der Waals surface area contributed by atoms with Crippen LogP contribution >= 0.6 is 27.5 Å². The van der Waals surface area contributed by atoms with Gasteiger partial charge in [0.25, 0.3) is 0 Å². The van der Waals surface area contributed by atoms with Gasteiger partial charge < -0.3 is 14.5 Å². The third-order valence-corrected chi connectivity index (χ3v) is 9.50. The number of rotatable bonds is 6. The zero-order valence-corrected chi connectivity index (χ0v) is 26.8. The molecule has 1 unspecified atom stereocenters. The number of amidine groups is 1. The number of halogens is 2. The molecule has 0 radical (unpaired) electrons. The predicted molar refractivity (Wildman–Crippen MR) is 173 cm³/mol. The lowest BCUT2D eigenvalue weighted by Gasteiger charge is -2.40. The molecule has 3 aliphatic rings. The molecule has 2 amide bonds. The number of pyridine rings is 1. The molecule has 1 aromatic heterocycles. The van der Waals surface area contributed by atoms with Crippen molar-refractivity contribution in [3.8, 4) is 5.75 Å². The van der Waals surface area contributed by atoms with E-state index in [9.17, 15) is 9.59 Å². The van der Waals surface area contributed by atoms with Crippen LogP contribution in [0.4, 0.5) is 0 Å². The van der Waals surface area contributed by atoms with Gasteiger partial charge in [-0.3, -0.25) is 19.5 Å². The van der Waals surface area contributed by atoms with Crippen LogP contribution in [0, 0.1) is 5.92 Å². The van der Waals surface area contributed by atoms with Crippen LogP contribution in [-0.4, -0.2) is 77.3 Å². The van der Waals surface area contributed by atoms with E-state index in [1.54, 1.807) is 0 Å². The minimum Gasteiger partial charge on any atom is -0.425 e. The Morgan fingerprint density at radius 1 is 1.00 bits per heavy atom. The van der Waals surface area contributed by atoms with E-state index in [1.165, 1.54) is 16.7 Å². The molecular weight excluding hydrogens is 644 g/mol. The van der Waals surface area contributed by atoms with Crippen LogP contribution in [-0.2, 0) is 22.4 Å². The van der Waals surface area contributed by atoms with E-state index in [2.05, 4.69) is 49.6 Å². The van der Waals surface area contributed by atoms with Gasteiger partial charge in [0, 0.05) is 61.4 Å². The first-order valence-corrected chi connectivity index (χ1v) is 16.3. The van der Waals surface area contributed by atoms with E-state index in [4.69, 9.17) is 21.3 Å². The summed E-state index contributed by atoms with van der Waals surface area (Å²) in [6.07, 6.45) is 6.50. The average Bonchev–Trinajstić information content (AvgIpc) is 3.20. The molecule has 6 rings (SSSR count). The Hall–Kier alpha value is -3.47. The number of carbonyl (C=O) groups excluding carboxylic acids is 2. The first-order chi connectivity index (χ1) is 21.5. The van der Waals surface area contributed by atoms with Gasteiger partial charge in [0.15, 0.2) is 0 Å². The van der Waals surface area contributed by atoms with Gasteiger partial charge in [-0.25, -0.2) is 5.43 Å². The number of piperidine rings is 1. The summed E-state index contributed by atoms with van der Waals surface area (Å²) in [7, 11) is 0. The summed E-state index contributed by atoms with van der Waals surface area (Å²) in [4.78, 5) is 35.7. The molecule has 9 nitrogen and oxygen atoms in total. The molecule has 0 saturated carbocycles. The number of para-hydroxylation sites is 1. The largest absolute Gasteiger partial charge is 0.425 e. The first-order valence-electron chi connectivity index (χ1n) is 15.2. The minimum absolute atomic E-state index is 0.0390. The molecule has 3 aromatic rings. The average molecular weight is 680 g/mol. The lowest BCUT2D eigenvalue weighted by atomic mass is 9.93. The minimum atomic E-state index is 0.0390. The van der Waals surface area contributed by atoms with Gasteiger partial charge in [0.2, 0.25) is 12.3 Å². The van der Waals surface area contributed by atoms with Crippen LogP contribution in [0.5, 0.6) is 5.75 Å². The molecule has 3 heterocycles. The molecule has 1 atom stereocenters. The number of amides is 2. The lowest BCUT2D eigenvalue weighted by Crippen LogP contribution is -2.50. The van der Waals surface area contributed by atoms with Gasteiger partial charge in [-0.2, -0.15) is 0 Å². The number of nitrogens with one attached hydrogen (secondary N) is 1. The van der Waals surface area contributed by atoms with Crippen molar-refractivity contribution in [1.29, 1.82) is 0 Å². The number of hydrogen-bond donors (Lipinski definition) is 1. The number of hydrogen-bond acceptors (Lipinski definition) is 6. The van der Waals surface area contributed by atoms with Gasteiger partial charge in [-0.15, -0.1) is 5.10 Å². The molecule has 11 heteroatoms. The maximum atomic E-state index is 13.4. The predicted octanol–water partition coefficient (Wildman–Crippen LogP) is 5.03. The third kappa shape index (κ3) is 7.08. The van der Waals surface area contributed by atoms with Crippen LogP contribution in [0.25, 0.3) is 0 Å². The maximum Gasteiger partial charge on any atom is 0.315 e. The molecule has 44 heavy (non-hydrogen) atoms. The summed E-state index contributed by atoms with van der Waals surface area (Å²) >= 11 is 10.0. The third-order valence-electron chi connectivity index (χ3n) is 8.84. The number of piperazine rings is 1. The van der Waals surface area contributed by atoms with Crippen LogP contribution in [0.15, 0.2) is 70.4 Å². The van der Waals surface area contributed by atoms with Crippen molar-refractivity contribution in [3.05, 3.63) is 92.7 Å². The number of fused-ring (bicyclic) bond motifs is 2. The number of likely N-dealkylation sites (tertiary alicyclic amines) is 1. The van der Waals surface area contributed by atoms with E-state index >= 15 is 0 Å². The molecule has 0 bridgehead atoms. The zero-order valence-electron chi connectivity index (χ0n) is 24.5. The molecule has 230 valence electrons. The fourth-order valence-corrected chi connectivity index (χ4v) is 7.12. The molecule has 1 N–H and O–H groups in total. The molecule has 1 aliphatic carbocycles. The van der Waals surface area contributed by atoms with Crippen molar-refractivity contribution in [2.24, 2.45) is 11.0 Å². The number of aryl methyl sites for hydroxylation is 2. The Kier molecular flexibility index (Phi) is 9.79. The highest BCUT2D eigenvalue weighted by atomic mass is 79.9. The van der Waals surface area contributed by atoms with Crippen molar-refractivity contribution in [3.63, 3.8) is 0 Å².